The van der Waals surface area contributed by atoms with Crippen LogP contribution < -0.4 is 11.5 Å². The van der Waals surface area contributed by atoms with Gasteiger partial charge in [0.2, 0.25) is 11.8 Å². The van der Waals surface area contributed by atoms with E-state index in [1.807, 2.05) is 0 Å². The minimum Gasteiger partial charge on any atom is -0.379 e. The smallest absolute Gasteiger partial charge is 0.226 e. The van der Waals surface area contributed by atoms with Crippen LogP contribution in [-0.2, 0) is 9.59 Å². The minimum absolute atomic E-state index is 0.361. The zero-order valence-corrected chi connectivity index (χ0v) is 4.98. The molecule has 7 nitrogen and oxygen atoms in total. The van der Waals surface area contributed by atoms with Crippen LogP contribution in [0, 0.1) is 4.91 Å². The lowest BCUT2D eigenvalue weighted by atomic mass is 10.4. The van der Waals surface area contributed by atoms with Crippen molar-refractivity contribution in [2.75, 3.05) is 0 Å². The third-order valence-corrected chi connectivity index (χ3v) is 0.348. The Labute approximate surface area is 55.9 Å². The molecule has 58 valence electrons. The Balaban J connectivity index is 0. The molecule has 0 rings (SSSR count). The largest absolute Gasteiger partial charge is 0.379 e. The van der Waals surface area contributed by atoms with Crippen molar-refractivity contribution in [1.29, 1.82) is 0 Å². The average Bonchev–Trinajstić information content (AvgIpc) is 1.62. The second-order valence-corrected chi connectivity index (χ2v) is 1.19. The molecule has 0 unspecified atom stereocenters. The highest BCUT2D eigenvalue weighted by atomic mass is 16.6. The highest BCUT2D eigenvalue weighted by Gasteiger charge is 1.96. The molecule has 0 fully saturated rings. The summed E-state index contributed by atoms with van der Waals surface area (Å²) in [6.45, 7) is 0. The topological polar surface area (TPSA) is 136 Å². The molecule has 0 saturated carbocycles. The lowest BCUT2D eigenvalue weighted by Gasteiger charge is -1.82. The van der Waals surface area contributed by atoms with Gasteiger partial charge < -0.3 is 16.7 Å². The number of hydrogen-bond donors (Lipinski definition) is 3. The molecule has 0 heterocycles. The summed E-state index contributed by atoms with van der Waals surface area (Å²) in [5, 5.41) is 7.89. The first-order valence-corrected chi connectivity index (χ1v) is 2.08. The Hall–Kier alpha value is -1.66. The fraction of sp³-hybridized carbons (Fsp3) is 0.333. The fourth-order valence-corrected chi connectivity index (χ4v) is 0.172. The Kier molecular flexibility index (Phi) is 8.20. The van der Waals surface area contributed by atoms with E-state index in [0.29, 0.717) is 0 Å². The van der Waals surface area contributed by atoms with E-state index in [4.69, 9.17) is 10.1 Å². The van der Waals surface area contributed by atoms with Gasteiger partial charge >= 0.3 is 0 Å². The van der Waals surface area contributed by atoms with Crippen molar-refractivity contribution in [3.05, 3.63) is 4.91 Å². The Morgan fingerprint density at radius 1 is 1.30 bits per heavy atom. The first kappa shape index (κ1) is 11.2. The molecule has 0 aliphatic carbocycles. The quantitative estimate of drug-likeness (QED) is 0.249. The highest BCUT2D eigenvalue weighted by molar-refractivity contribution is 5.95. The van der Waals surface area contributed by atoms with Crippen molar-refractivity contribution in [3.63, 3.8) is 0 Å². The lowest BCUT2D eigenvalue weighted by molar-refractivity contribution is -0.125. The first-order valence-electron chi connectivity index (χ1n) is 2.08. The number of hydrogen-bond acceptors (Lipinski definition) is 4. The third-order valence-electron chi connectivity index (χ3n) is 0.348. The van der Waals surface area contributed by atoms with E-state index in [1.54, 1.807) is 0 Å². The standard InChI is InChI=1S/C3H6N2O2.HNO2/c4-2(6)1-3(5)7;2-1-3/h1H2,(H2,4,6)(H2,5,7);(H,2,3). The number of carbonyl (C=O) groups excluding carboxylic acids is 2. The summed E-state index contributed by atoms with van der Waals surface area (Å²) in [7, 11) is 0. The van der Waals surface area contributed by atoms with Gasteiger partial charge in [0, 0.05) is 0 Å². The summed E-state index contributed by atoms with van der Waals surface area (Å²) in [5.74, 6) is -1.37. The van der Waals surface area contributed by atoms with E-state index in [0.717, 1.165) is 0 Å². The normalized spacial score (nSPS) is 6.80. The molecule has 10 heavy (non-hydrogen) atoms. The summed E-state index contributed by atoms with van der Waals surface area (Å²) in [5.41, 5.74) is 9.11. The molecule has 0 radical (unpaired) electrons. The van der Waals surface area contributed by atoms with Crippen molar-refractivity contribution in [3.8, 4) is 0 Å². The summed E-state index contributed by atoms with van der Waals surface area (Å²) in [6, 6.07) is 0. The third kappa shape index (κ3) is 33.0. The van der Waals surface area contributed by atoms with Crippen molar-refractivity contribution in [1.82, 2.24) is 0 Å². The molecule has 0 spiro atoms. The number of nitrogens with zero attached hydrogens (tertiary/aromatic N) is 1. The van der Waals surface area contributed by atoms with Crippen LogP contribution in [0.1, 0.15) is 6.42 Å². The number of amides is 2. The molecule has 0 aliphatic rings. The Morgan fingerprint density at radius 2 is 1.50 bits per heavy atom. The van der Waals surface area contributed by atoms with Crippen molar-refractivity contribution in [2.45, 2.75) is 6.42 Å². The zero-order valence-electron chi connectivity index (χ0n) is 4.98. The SMILES string of the molecule is NC(=O)CC(N)=O.O=NO. The molecule has 7 heteroatoms. The van der Waals surface area contributed by atoms with Gasteiger partial charge in [0.25, 0.3) is 0 Å². The number of nitrogens with two attached hydrogens (primary N) is 2. The van der Waals surface area contributed by atoms with Gasteiger partial charge in [-0.3, -0.25) is 9.59 Å². The van der Waals surface area contributed by atoms with Crippen LogP contribution in [0.5, 0.6) is 0 Å². The van der Waals surface area contributed by atoms with E-state index in [-0.39, 0.29) is 6.42 Å². The van der Waals surface area contributed by atoms with E-state index in [9.17, 15) is 9.59 Å². The lowest BCUT2D eigenvalue weighted by Crippen LogP contribution is -2.21. The fourth-order valence-electron chi connectivity index (χ4n) is 0.172. The summed E-state index contributed by atoms with van der Waals surface area (Å²) < 4.78 is 0. The van der Waals surface area contributed by atoms with Gasteiger partial charge in [-0.25, -0.2) is 0 Å². The van der Waals surface area contributed by atoms with Gasteiger partial charge in [-0.2, -0.15) is 0 Å². The molecule has 2 amide bonds. The number of carbonyl (C=O) groups is 2. The number of primary amides is 2. The van der Waals surface area contributed by atoms with Gasteiger partial charge in [-0.15, -0.1) is 4.91 Å². The van der Waals surface area contributed by atoms with E-state index in [1.165, 1.54) is 5.34 Å². The molecular formula is C3H7N3O4. The van der Waals surface area contributed by atoms with Crippen LogP contribution in [0.15, 0.2) is 5.34 Å². The Bertz CT molecular complexity index is 122. The molecule has 0 bridgehead atoms. The van der Waals surface area contributed by atoms with E-state index >= 15 is 0 Å². The van der Waals surface area contributed by atoms with Crippen LogP contribution in [0.2, 0.25) is 0 Å². The van der Waals surface area contributed by atoms with Gasteiger partial charge in [0.05, 0.1) is 0 Å². The minimum atomic E-state index is -0.687. The first-order chi connectivity index (χ1) is 4.54. The van der Waals surface area contributed by atoms with Gasteiger partial charge in [-0.05, 0) is 0 Å². The zero-order chi connectivity index (χ0) is 8.57. The predicted octanol–water partition coefficient (Wildman–Crippen LogP) is -1.51. The summed E-state index contributed by atoms with van der Waals surface area (Å²) in [4.78, 5) is 27.6. The summed E-state index contributed by atoms with van der Waals surface area (Å²) >= 11 is 0. The molecule has 5 N–H and O–H groups in total. The van der Waals surface area contributed by atoms with Crippen LogP contribution in [0.25, 0.3) is 0 Å². The molecule has 0 aromatic carbocycles. The second kappa shape index (κ2) is 7.34. The van der Waals surface area contributed by atoms with Gasteiger partial charge in [0.1, 0.15) is 6.42 Å². The van der Waals surface area contributed by atoms with Crippen LogP contribution in [-0.4, -0.2) is 17.0 Å². The van der Waals surface area contributed by atoms with Crippen molar-refractivity contribution < 1.29 is 14.8 Å². The van der Waals surface area contributed by atoms with Gasteiger partial charge in [0.15, 0.2) is 5.34 Å². The number of rotatable bonds is 2. The van der Waals surface area contributed by atoms with Crippen LogP contribution >= 0.6 is 0 Å². The maximum Gasteiger partial charge on any atom is 0.226 e. The molecule has 0 aliphatic heterocycles. The second-order valence-electron chi connectivity index (χ2n) is 1.19. The van der Waals surface area contributed by atoms with Crippen molar-refractivity contribution in [2.24, 2.45) is 16.8 Å². The summed E-state index contributed by atoms with van der Waals surface area (Å²) in [6.07, 6.45) is -0.361. The molecule has 0 aromatic rings. The molecule has 0 saturated heterocycles. The van der Waals surface area contributed by atoms with Crippen LogP contribution in [0.3, 0.4) is 0 Å². The molecule has 0 atom stereocenters. The maximum atomic E-state index is 9.73. The van der Waals surface area contributed by atoms with Crippen molar-refractivity contribution >= 4 is 11.8 Å². The monoisotopic (exact) mass is 149 g/mol. The van der Waals surface area contributed by atoms with Gasteiger partial charge in [-0.1, -0.05) is 0 Å². The molecular weight excluding hydrogens is 142 g/mol. The average molecular weight is 149 g/mol. The predicted molar refractivity (Wildman–Crippen MR) is 30.6 cm³/mol. The Morgan fingerprint density at radius 3 is 1.50 bits per heavy atom. The highest BCUT2D eigenvalue weighted by Crippen LogP contribution is 1.68. The maximum absolute atomic E-state index is 9.73. The van der Waals surface area contributed by atoms with Crippen LogP contribution in [0.4, 0.5) is 0 Å². The molecule has 0 aromatic heterocycles. The van der Waals surface area contributed by atoms with E-state index < -0.39 is 11.8 Å². The van der Waals surface area contributed by atoms with E-state index in [2.05, 4.69) is 11.5 Å².